The molecular weight excluding hydrogens is 368 g/mol. The van der Waals surface area contributed by atoms with Crippen molar-refractivity contribution in [3.8, 4) is 21.8 Å². The Balaban J connectivity index is 1.51. The molecular formula is C21H22N6S. The quantitative estimate of drug-likeness (QED) is 0.482. The van der Waals surface area contributed by atoms with E-state index >= 15 is 0 Å². The number of aryl methyl sites for hydroxylation is 1. The Morgan fingerprint density at radius 2 is 2.18 bits per heavy atom. The topological polar surface area (TPSA) is 92.5 Å². The highest BCUT2D eigenvalue weighted by Gasteiger charge is 2.24. The van der Waals surface area contributed by atoms with Gasteiger partial charge >= 0.3 is 0 Å². The van der Waals surface area contributed by atoms with Gasteiger partial charge in [-0.15, -0.1) is 11.3 Å². The minimum absolute atomic E-state index is 0.172. The van der Waals surface area contributed by atoms with Gasteiger partial charge in [-0.25, -0.2) is 15.0 Å². The molecule has 1 fully saturated rings. The van der Waals surface area contributed by atoms with Crippen LogP contribution in [0.3, 0.4) is 0 Å². The van der Waals surface area contributed by atoms with E-state index in [1.54, 1.807) is 11.3 Å². The first-order valence-electron chi connectivity index (χ1n) is 9.56. The Morgan fingerprint density at radius 1 is 1.25 bits per heavy atom. The Hall–Kier alpha value is -2.77. The summed E-state index contributed by atoms with van der Waals surface area (Å²) in [5.41, 5.74) is 11.5. The molecule has 0 spiro atoms. The van der Waals surface area contributed by atoms with Crippen molar-refractivity contribution in [1.82, 2.24) is 19.9 Å². The van der Waals surface area contributed by atoms with Crippen molar-refractivity contribution in [2.45, 2.75) is 38.3 Å². The number of nitrogens with two attached hydrogens (primary N) is 1. The normalized spacial score (nSPS) is 19.4. The van der Waals surface area contributed by atoms with Crippen molar-refractivity contribution in [1.29, 1.82) is 0 Å². The summed E-state index contributed by atoms with van der Waals surface area (Å²) in [4.78, 5) is 17.1. The van der Waals surface area contributed by atoms with Crippen molar-refractivity contribution >= 4 is 28.2 Å². The van der Waals surface area contributed by atoms with Crippen LogP contribution in [0.4, 0.5) is 5.95 Å². The number of anilines is 1. The number of aromatic nitrogens is 4. The highest BCUT2D eigenvalue weighted by Crippen LogP contribution is 2.33. The van der Waals surface area contributed by atoms with Crippen LogP contribution in [0.2, 0.25) is 0 Å². The van der Waals surface area contributed by atoms with E-state index < -0.39 is 0 Å². The fourth-order valence-corrected chi connectivity index (χ4v) is 4.57. The van der Waals surface area contributed by atoms with E-state index in [9.17, 15) is 0 Å². The first-order valence-corrected chi connectivity index (χ1v) is 10.4. The molecule has 1 aliphatic carbocycles. The molecule has 5 rings (SSSR count). The van der Waals surface area contributed by atoms with Crippen molar-refractivity contribution in [3.63, 3.8) is 0 Å². The van der Waals surface area contributed by atoms with Gasteiger partial charge in [0.05, 0.1) is 5.69 Å². The minimum Gasteiger partial charge on any atom is -0.360 e. The van der Waals surface area contributed by atoms with Crippen LogP contribution in [-0.2, 0) is 0 Å². The molecule has 0 radical (unpaired) electrons. The van der Waals surface area contributed by atoms with Crippen LogP contribution in [0.25, 0.3) is 32.7 Å². The van der Waals surface area contributed by atoms with Crippen LogP contribution in [0.15, 0.2) is 42.2 Å². The van der Waals surface area contributed by atoms with Crippen molar-refractivity contribution in [3.05, 3.63) is 47.7 Å². The second-order valence-electron chi connectivity index (χ2n) is 7.37. The number of H-pyrrole nitrogens is 1. The Morgan fingerprint density at radius 3 is 2.96 bits per heavy atom. The molecule has 4 aromatic rings. The number of rotatable bonds is 4. The first kappa shape index (κ1) is 17.3. The smallest absolute Gasteiger partial charge is 0.223 e. The second kappa shape index (κ2) is 7.00. The predicted molar refractivity (Wildman–Crippen MR) is 114 cm³/mol. The van der Waals surface area contributed by atoms with Gasteiger partial charge in [0.2, 0.25) is 5.95 Å². The molecule has 1 aromatic carbocycles. The number of nitrogens with zero attached hydrogens (tertiary/aromatic N) is 3. The maximum absolute atomic E-state index is 6.19. The van der Waals surface area contributed by atoms with Crippen molar-refractivity contribution in [2.75, 3.05) is 5.32 Å². The summed E-state index contributed by atoms with van der Waals surface area (Å²) >= 11 is 1.64. The fraction of sp³-hybridized carbons (Fsp3) is 0.286. The zero-order chi connectivity index (χ0) is 19.1. The lowest BCUT2D eigenvalue weighted by Gasteiger charge is -2.17. The van der Waals surface area contributed by atoms with E-state index in [4.69, 9.17) is 10.7 Å². The first-order chi connectivity index (χ1) is 13.7. The van der Waals surface area contributed by atoms with Crippen LogP contribution in [0.5, 0.6) is 0 Å². The number of thiazole rings is 1. The van der Waals surface area contributed by atoms with Gasteiger partial charge in [0, 0.05) is 58.1 Å². The third kappa shape index (κ3) is 3.06. The zero-order valence-corrected chi connectivity index (χ0v) is 16.5. The number of fused-ring (bicyclic) bond motifs is 1. The molecule has 1 saturated carbocycles. The van der Waals surface area contributed by atoms with E-state index in [1.807, 2.05) is 30.9 Å². The Bertz CT molecular complexity index is 1120. The molecule has 0 unspecified atom stereocenters. The monoisotopic (exact) mass is 390 g/mol. The van der Waals surface area contributed by atoms with Crippen molar-refractivity contribution in [2.24, 2.45) is 5.73 Å². The molecule has 0 amide bonds. The molecule has 142 valence electrons. The van der Waals surface area contributed by atoms with Crippen LogP contribution in [-0.4, -0.2) is 32.0 Å². The van der Waals surface area contributed by atoms with E-state index in [-0.39, 0.29) is 12.1 Å². The summed E-state index contributed by atoms with van der Waals surface area (Å²) in [5.74, 6) is 0.650. The molecule has 1 aliphatic rings. The summed E-state index contributed by atoms with van der Waals surface area (Å²) in [6.07, 6.45) is 9.02. The summed E-state index contributed by atoms with van der Waals surface area (Å²) in [6.45, 7) is 2.04. The minimum atomic E-state index is 0.172. The van der Waals surface area contributed by atoms with Crippen LogP contribution < -0.4 is 11.1 Å². The summed E-state index contributed by atoms with van der Waals surface area (Å²) < 4.78 is 0. The fourth-order valence-electron chi connectivity index (χ4n) is 3.94. The maximum atomic E-state index is 6.19. The maximum Gasteiger partial charge on any atom is 0.223 e. The van der Waals surface area contributed by atoms with Gasteiger partial charge in [-0.3, -0.25) is 0 Å². The van der Waals surface area contributed by atoms with Gasteiger partial charge in [-0.2, -0.15) is 0 Å². The van der Waals surface area contributed by atoms with Crippen LogP contribution >= 0.6 is 11.3 Å². The van der Waals surface area contributed by atoms with Gasteiger partial charge < -0.3 is 16.0 Å². The molecule has 7 heteroatoms. The highest BCUT2D eigenvalue weighted by molar-refractivity contribution is 7.13. The van der Waals surface area contributed by atoms with Gasteiger partial charge in [-0.1, -0.05) is 12.1 Å². The predicted octanol–water partition coefficient (Wildman–Crippen LogP) is 4.35. The molecule has 3 aromatic heterocycles. The van der Waals surface area contributed by atoms with Gasteiger partial charge in [0.25, 0.3) is 0 Å². The van der Waals surface area contributed by atoms with Gasteiger partial charge in [0.1, 0.15) is 5.01 Å². The van der Waals surface area contributed by atoms with Crippen LogP contribution in [0, 0.1) is 6.92 Å². The number of aromatic amines is 1. The molecule has 2 atom stereocenters. The molecule has 6 nitrogen and oxygen atoms in total. The SMILES string of the molecule is Cc1cnc(N[C@H]2CCC[C@@H]2N)nc1-c1c[nH]c2cc(-c3nccs3)ccc12. The van der Waals surface area contributed by atoms with E-state index in [0.29, 0.717) is 5.95 Å². The molecule has 0 saturated heterocycles. The average molecular weight is 391 g/mol. The summed E-state index contributed by atoms with van der Waals surface area (Å²) in [7, 11) is 0. The second-order valence-corrected chi connectivity index (χ2v) is 8.27. The lowest BCUT2D eigenvalue weighted by atomic mass is 10.1. The number of nitrogens with one attached hydrogen (secondary N) is 2. The molecule has 28 heavy (non-hydrogen) atoms. The third-order valence-corrected chi connectivity index (χ3v) is 6.29. The van der Waals surface area contributed by atoms with Gasteiger partial charge in [-0.05, 0) is 37.8 Å². The summed E-state index contributed by atoms with van der Waals surface area (Å²) in [5, 5.41) is 7.59. The van der Waals surface area contributed by atoms with Gasteiger partial charge in [0.15, 0.2) is 0 Å². The molecule has 4 N–H and O–H groups in total. The van der Waals surface area contributed by atoms with E-state index in [1.165, 1.54) is 0 Å². The number of benzene rings is 1. The number of hydrogen-bond acceptors (Lipinski definition) is 6. The zero-order valence-electron chi connectivity index (χ0n) is 15.6. The van der Waals surface area contributed by atoms with E-state index in [0.717, 1.165) is 57.6 Å². The molecule has 3 heterocycles. The lowest BCUT2D eigenvalue weighted by molar-refractivity contribution is 0.633. The third-order valence-electron chi connectivity index (χ3n) is 5.47. The molecule has 0 bridgehead atoms. The highest BCUT2D eigenvalue weighted by atomic mass is 32.1. The largest absolute Gasteiger partial charge is 0.360 e. The average Bonchev–Trinajstić information content (AvgIpc) is 3.45. The lowest BCUT2D eigenvalue weighted by Crippen LogP contribution is -2.35. The van der Waals surface area contributed by atoms with E-state index in [2.05, 4.69) is 38.5 Å². The van der Waals surface area contributed by atoms with Crippen molar-refractivity contribution < 1.29 is 0 Å². The number of hydrogen-bond donors (Lipinski definition) is 3. The standard InChI is InChI=1S/C21H22N6S/c1-12-10-25-21(26-17-4-2-3-16(17)22)27-19(12)15-11-24-18-9-13(5-6-14(15)18)20-23-7-8-28-20/h5-11,16-17,24H,2-4,22H2,1H3,(H,25,26,27)/t16-,17-/m0/s1. The molecule has 0 aliphatic heterocycles. The summed E-state index contributed by atoms with van der Waals surface area (Å²) in [6, 6.07) is 6.82. The van der Waals surface area contributed by atoms with Crippen LogP contribution in [0.1, 0.15) is 24.8 Å². The Labute approximate surface area is 167 Å². The Kier molecular flexibility index (Phi) is 4.33.